The number of aryl methyl sites for hydroxylation is 1. The third-order valence-electron chi connectivity index (χ3n) is 5.42. The average Bonchev–Trinajstić information content (AvgIpc) is 3.11. The zero-order valence-electron chi connectivity index (χ0n) is 18.2. The number of unbranched alkanes of at least 4 members (excludes halogenated alkanes) is 11. The molecule has 160 valence electrons. The highest BCUT2D eigenvalue weighted by atomic mass is 32.1. The summed E-state index contributed by atoms with van der Waals surface area (Å²) in [5.41, 5.74) is 1.09. The van der Waals surface area contributed by atoms with Crippen LogP contribution in [0.5, 0.6) is 0 Å². The SMILES string of the molecule is CCCCCCCC/C=C/CCCCCCCc1n[nH]c(=S)n1-c1ccccc1. The van der Waals surface area contributed by atoms with E-state index in [1.54, 1.807) is 0 Å². The largest absolute Gasteiger partial charge is 0.272 e. The fraction of sp³-hybridized carbons (Fsp3) is 0.600. The molecule has 1 heterocycles. The molecule has 0 saturated heterocycles. The van der Waals surface area contributed by atoms with Crippen molar-refractivity contribution in [3.05, 3.63) is 53.1 Å². The van der Waals surface area contributed by atoms with E-state index in [1.165, 1.54) is 83.5 Å². The van der Waals surface area contributed by atoms with Crippen molar-refractivity contribution in [1.29, 1.82) is 0 Å². The van der Waals surface area contributed by atoms with Gasteiger partial charge >= 0.3 is 0 Å². The van der Waals surface area contributed by atoms with Crippen molar-refractivity contribution in [2.24, 2.45) is 0 Å². The van der Waals surface area contributed by atoms with Crippen molar-refractivity contribution in [2.45, 2.75) is 96.8 Å². The van der Waals surface area contributed by atoms with Crippen LogP contribution in [-0.2, 0) is 6.42 Å². The first-order chi connectivity index (χ1) is 14.3. The monoisotopic (exact) mass is 413 g/mol. The van der Waals surface area contributed by atoms with Crippen molar-refractivity contribution in [3.8, 4) is 5.69 Å². The molecular formula is C25H39N3S. The van der Waals surface area contributed by atoms with Crippen LogP contribution in [0.25, 0.3) is 5.69 Å². The number of hydrogen-bond donors (Lipinski definition) is 1. The van der Waals surface area contributed by atoms with Gasteiger partial charge in [0.15, 0.2) is 4.77 Å². The Labute approximate surface area is 182 Å². The van der Waals surface area contributed by atoms with Crippen LogP contribution in [0.1, 0.15) is 96.2 Å². The number of allylic oxidation sites excluding steroid dienone is 2. The van der Waals surface area contributed by atoms with E-state index in [9.17, 15) is 0 Å². The molecule has 1 N–H and O–H groups in total. The van der Waals surface area contributed by atoms with Crippen molar-refractivity contribution in [1.82, 2.24) is 14.8 Å². The van der Waals surface area contributed by atoms with Gasteiger partial charge in [-0.3, -0.25) is 9.67 Å². The summed E-state index contributed by atoms with van der Waals surface area (Å²) < 4.78 is 2.74. The van der Waals surface area contributed by atoms with Gasteiger partial charge in [-0.15, -0.1) is 0 Å². The van der Waals surface area contributed by atoms with E-state index in [0.29, 0.717) is 4.77 Å². The van der Waals surface area contributed by atoms with E-state index in [0.717, 1.165) is 17.9 Å². The first-order valence-electron chi connectivity index (χ1n) is 11.7. The second kappa shape index (κ2) is 15.2. The summed E-state index contributed by atoms with van der Waals surface area (Å²) in [5, 5.41) is 7.38. The topological polar surface area (TPSA) is 33.6 Å². The predicted octanol–water partition coefficient (Wildman–Crippen LogP) is 8.12. The number of rotatable bonds is 16. The van der Waals surface area contributed by atoms with Gasteiger partial charge in [-0.1, -0.05) is 88.6 Å². The summed E-state index contributed by atoms with van der Waals surface area (Å²) in [6.07, 6.45) is 23.0. The van der Waals surface area contributed by atoms with Gasteiger partial charge in [-0.25, -0.2) is 0 Å². The molecule has 3 nitrogen and oxygen atoms in total. The normalized spacial score (nSPS) is 11.5. The van der Waals surface area contributed by atoms with Crippen LogP contribution in [-0.4, -0.2) is 14.8 Å². The smallest absolute Gasteiger partial charge is 0.199 e. The highest BCUT2D eigenvalue weighted by Crippen LogP contribution is 2.14. The molecule has 0 aliphatic carbocycles. The molecular weight excluding hydrogens is 374 g/mol. The minimum atomic E-state index is 0.680. The lowest BCUT2D eigenvalue weighted by Gasteiger charge is -2.06. The summed E-state index contributed by atoms with van der Waals surface area (Å²) in [7, 11) is 0. The van der Waals surface area contributed by atoms with Crippen molar-refractivity contribution < 1.29 is 0 Å². The van der Waals surface area contributed by atoms with Gasteiger partial charge in [-0.05, 0) is 56.5 Å². The summed E-state index contributed by atoms with van der Waals surface area (Å²) in [6.45, 7) is 2.28. The molecule has 0 saturated carbocycles. The molecule has 0 atom stereocenters. The molecule has 0 amide bonds. The number of benzene rings is 1. The van der Waals surface area contributed by atoms with Gasteiger partial charge in [-0.2, -0.15) is 5.10 Å². The molecule has 4 heteroatoms. The zero-order chi connectivity index (χ0) is 20.6. The highest BCUT2D eigenvalue weighted by molar-refractivity contribution is 7.71. The molecule has 0 fully saturated rings. The van der Waals surface area contributed by atoms with Crippen molar-refractivity contribution in [3.63, 3.8) is 0 Å². The maximum absolute atomic E-state index is 5.40. The average molecular weight is 414 g/mol. The van der Waals surface area contributed by atoms with Gasteiger partial charge < -0.3 is 0 Å². The molecule has 2 rings (SSSR count). The molecule has 0 radical (unpaired) electrons. The van der Waals surface area contributed by atoms with Crippen LogP contribution >= 0.6 is 12.2 Å². The summed E-state index contributed by atoms with van der Waals surface area (Å²) in [4.78, 5) is 0. The molecule has 0 aliphatic heterocycles. The molecule has 0 unspecified atom stereocenters. The molecule has 1 aromatic heterocycles. The number of H-pyrrole nitrogens is 1. The van der Waals surface area contributed by atoms with Crippen LogP contribution in [0.15, 0.2) is 42.5 Å². The Bertz CT molecular complexity index is 730. The highest BCUT2D eigenvalue weighted by Gasteiger charge is 2.07. The van der Waals surface area contributed by atoms with Crippen LogP contribution in [0, 0.1) is 4.77 Å². The third kappa shape index (κ3) is 9.58. The first-order valence-corrected chi connectivity index (χ1v) is 12.1. The Morgan fingerprint density at radius 3 is 2.07 bits per heavy atom. The number of nitrogens with one attached hydrogen (secondary N) is 1. The minimum Gasteiger partial charge on any atom is -0.272 e. The summed E-state index contributed by atoms with van der Waals surface area (Å²) >= 11 is 5.40. The Morgan fingerprint density at radius 2 is 1.41 bits per heavy atom. The fourth-order valence-electron chi connectivity index (χ4n) is 3.69. The molecule has 2 aromatic rings. The van der Waals surface area contributed by atoms with Crippen molar-refractivity contribution in [2.75, 3.05) is 0 Å². The van der Waals surface area contributed by atoms with E-state index >= 15 is 0 Å². The van der Waals surface area contributed by atoms with Crippen LogP contribution in [0.3, 0.4) is 0 Å². The van der Waals surface area contributed by atoms with Crippen molar-refractivity contribution >= 4 is 12.2 Å². The summed E-state index contributed by atoms with van der Waals surface area (Å²) in [6, 6.07) is 10.3. The van der Waals surface area contributed by atoms with Crippen LogP contribution in [0.2, 0.25) is 0 Å². The first kappa shape index (κ1) is 23.6. The van der Waals surface area contributed by atoms with E-state index in [4.69, 9.17) is 12.2 Å². The van der Waals surface area contributed by atoms with Crippen LogP contribution < -0.4 is 0 Å². The second-order valence-electron chi connectivity index (χ2n) is 7.95. The van der Waals surface area contributed by atoms with E-state index in [1.807, 2.05) is 18.2 Å². The van der Waals surface area contributed by atoms with Gasteiger partial charge in [0.2, 0.25) is 0 Å². The standard InChI is InChI=1S/C25H39N3S/c1-2-3-4-5-6-7-8-9-10-11-12-13-14-15-19-22-24-26-27-25(29)28(24)23-20-17-16-18-21-23/h9-10,16-18,20-21H,2-8,11-15,19,22H2,1H3,(H,27,29)/b10-9+. The van der Waals surface area contributed by atoms with E-state index < -0.39 is 0 Å². The van der Waals surface area contributed by atoms with E-state index in [-0.39, 0.29) is 0 Å². The molecule has 0 aliphatic rings. The minimum absolute atomic E-state index is 0.680. The predicted molar refractivity (Wildman–Crippen MR) is 127 cm³/mol. The maximum Gasteiger partial charge on any atom is 0.199 e. The number of nitrogens with zero attached hydrogens (tertiary/aromatic N) is 2. The Hall–Kier alpha value is -1.68. The number of aromatic nitrogens is 3. The van der Waals surface area contributed by atoms with Crippen LogP contribution in [0.4, 0.5) is 0 Å². The molecule has 0 bridgehead atoms. The number of aromatic amines is 1. The maximum atomic E-state index is 5.40. The molecule has 29 heavy (non-hydrogen) atoms. The Morgan fingerprint density at radius 1 is 0.828 bits per heavy atom. The third-order valence-corrected chi connectivity index (χ3v) is 5.69. The quantitative estimate of drug-likeness (QED) is 0.171. The Kier molecular flexibility index (Phi) is 12.4. The lowest BCUT2D eigenvalue weighted by atomic mass is 10.1. The molecule has 0 spiro atoms. The van der Waals surface area contributed by atoms with E-state index in [2.05, 4.69) is 46.0 Å². The van der Waals surface area contributed by atoms with Gasteiger partial charge in [0, 0.05) is 12.1 Å². The lowest BCUT2D eigenvalue weighted by Crippen LogP contribution is -2.01. The zero-order valence-corrected chi connectivity index (χ0v) is 19.1. The molecule has 1 aromatic carbocycles. The fourth-order valence-corrected chi connectivity index (χ4v) is 3.95. The number of para-hydroxylation sites is 1. The Balaban J connectivity index is 1.50. The number of hydrogen-bond acceptors (Lipinski definition) is 2. The van der Waals surface area contributed by atoms with Gasteiger partial charge in [0.05, 0.1) is 0 Å². The lowest BCUT2D eigenvalue weighted by molar-refractivity contribution is 0.604. The van der Waals surface area contributed by atoms with Gasteiger partial charge in [0.1, 0.15) is 5.82 Å². The second-order valence-corrected chi connectivity index (χ2v) is 8.34. The van der Waals surface area contributed by atoms with Gasteiger partial charge in [0.25, 0.3) is 0 Å². The summed E-state index contributed by atoms with van der Waals surface area (Å²) in [5.74, 6) is 1.04.